The summed E-state index contributed by atoms with van der Waals surface area (Å²) < 4.78 is 13.0. The molecule has 0 bridgehead atoms. The van der Waals surface area contributed by atoms with E-state index in [1.54, 1.807) is 12.1 Å². The van der Waals surface area contributed by atoms with Gasteiger partial charge in [0, 0.05) is 11.7 Å². The lowest BCUT2D eigenvalue weighted by Crippen LogP contribution is -2.43. The van der Waals surface area contributed by atoms with Crippen molar-refractivity contribution in [2.24, 2.45) is 5.92 Å². The summed E-state index contributed by atoms with van der Waals surface area (Å²) >= 11 is 0. The second-order valence-electron chi connectivity index (χ2n) is 5.30. The number of nitrogens with one attached hydrogen (secondary N) is 2. The van der Waals surface area contributed by atoms with Crippen LogP contribution in [0, 0.1) is 11.7 Å². The van der Waals surface area contributed by atoms with Crippen molar-refractivity contribution in [2.75, 3.05) is 11.9 Å². The molecule has 2 rings (SSSR count). The molecule has 2 N–H and O–H groups in total. The fraction of sp³-hybridized carbons (Fsp3) is 0.533. The number of halogens is 1. The van der Waals surface area contributed by atoms with E-state index in [0.29, 0.717) is 11.6 Å². The van der Waals surface area contributed by atoms with Crippen LogP contribution in [0.1, 0.15) is 32.6 Å². The van der Waals surface area contributed by atoms with Crippen LogP contribution in [0.15, 0.2) is 24.3 Å². The molecule has 1 amide bonds. The Hall–Kier alpha value is -1.58. The molecule has 2 atom stereocenters. The first-order chi connectivity index (χ1) is 9.15. The van der Waals surface area contributed by atoms with Crippen molar-refractivity contribution in [2.45, 2.75) is 38.6 Å². The summed E-state index contributed by atoms with van der Waals surface area (Å²) in [4.78, 5) is 11.8. The third-order valence-corrected chi connectivity index (χ3v) is 3.74. The van der Waals surface area contributed by atoms with Crippen LogP contribution in [0.3, 0.4) is 0 Å². The summed E-state index contributed by atoms with van der Waals surface area (Å²) in [5.41, 5.74) is 0.631. The van der Waals surface area contributed by atoms with Gasteiger partial charge >= 0.3 is 0 Å². The molecule has 1 fully saturated rings. The van der Waals surface area contributed by atoms with Crippen LogP contribution in [0.25, 0.3) is 0 Å². The van der Waals surface area contributed by atoms with Crippen LogP contribution < -0.4 is 10.6 Å². The van der Waals surface area contributed by atoms with Crippen LogP contribution in [0.2, 0.25) is 0 Å². The SMILES string of the molecule is CC1CCCCC1NC(=O)CNc1cccc(F)c1. The monoisotopic (exact) mass is 264 g/mol. The van der Waals surface area contributed by atoms with Crippen LogP contribution in [0.4, 0.5) is 10.1 Å². The summed E-state index contributed by atoms with van der Waals surface area (Å²) in [7, 11) is 0. The summed E-state index contributed by atoms with van der Waals surface area (Å²) in [6.45, 7) is 2.37. The van der Waals surface area contributed by atoms with E-state index in [-0.39, 0.29) is 24.3 Å². The number of hydrogen-bond donors (Lipinski definition) is 2. The van der Waals surface area contributed by atoms with Crippen molar-refractivity contribution in [1.82, 2.24) is 5.32 Å². The molecule has 1 aromatic rings. The Labute approximate surface area is 113 Å². The van der Waals surface area contributed by atoms with Crippen LogP contribution in [0.5, 0.6) is 0 Å². The molecular weight excluding hydrogens is 243 g/mol. The van der Waals surface area contributed by atoms with E-state index in [1.165, 1.54) is 31.4 Å². The molecule has 0 aromatic heterocycles. The molecule has 4 heteroatoms. The molecule has 2 unspecified atom stereocenters. The summed E-state index contributed by atoms with van der Waals surface area (Å²) in [6.07, 6.45) is 4.69. The Morgan fingerprint density at radius 2 is 2.16 bits per heavy atom. The third kappa shape index (κ3) is 4.23. The highest BCUT2D eigenvalue weighted by atomic mass is 19.1. The predicted molar refractivity (Wildman–Crippen MR) is 74.5 cm³/mol. The molecule has 1 saturated carbocycles. The maximum atomic E-state index is 13.0. The van der Waals surface area contributed by atoms with Gasteiger partial charge in [0.15, 0.2) is 0 Å². The van der Waals surface area contributed by atoms with E-state index < -0.39 is 0 Å². The number of rotatable bonds is 4. The van der Waals surface area contributed by atoms with Gasteiger partial charge in [-0.2, -0.15) is 0 Å². The number of anilines is 1. The molecule has 0 saturated heterocycles. The molecule has 104 valence electrons. The maximum absolute atomic E-state index is 13.0. The van der Waals surface area contributed by atoms with E-state index in [1.807, 2.05) is 0 Å². The van der Waals surface area contributed by atoms with Crippen LogP contribution >= 0.6 is 0 Å². The summed E-state index contributed by atoms with van der Waals surface area (Å²) in [5, 5.41) is 6.00. The molecular formula is C15H21FN2O. The topological polar surface area (TPSA) is 41.1 Å². The normalized spacial score (nSPS) is 22.8. The van der Waals surface area contributed by atoms with Gasteiger partial charge in [-0.1, -0.05) is 25.8 Å². The Kier molecular flexibility index (Phi) is 4.77. The molecule has 0 spiro atoms. The zero-order valence-electron chi connectivity index (χ0n) is 11.3. The minimum Gasteiger partial charge on any atom is -0.376 e. The summed E-state index contributed by atoms with van der Waals surface area (Å²) in [6, 6.07) is 6.43. The van der Waals surface area contributed by atoms with Crippen molar-refractivity contribution in [3.8, 4) is 0 Å². The van der Waals surface area contributed by atoms with Gasteiger partial charge in [-0.25, -0.2) is 4.39 Å². The maximum Gasteiger partial charge on any atom is 0.239 e. The molecule has 0 radical (unpaired) electrons. The number of carbonyl (C=O) groups is 1. The number of hydrogen-bond acceptors (Lipinski definition) is 2. The van der Waals surface area contributed by atoms with Crippen molar-refractivity contribution < 1.29 is 9.18 Å². The largest absolute Gasteiger partial charge is 0.376 e. The predicted octanol–water partition coefficient (Wildman–Crippen LogP) is 2.93. The van der Waals surface area contributed by atoms with Crippen molar-refractivity contribution in [3.63, 3.8) is 0 Å². The lowest BCUT2D eigenvalue weighted by Gasteiger charge is -2.29. The highest BCUT2D eigenvalue weighted by molar-refractivity contribution is 5.81. The van der Waals surface area contributed by atoms with E-state index in [2.05, 4.69) is 17.6 Å². The van der Waals surface area contributed by atoms with Gasteiger partial charge in [0.25, 0.3) is 0 Å². The molecule has 0 aliphatic heterocycles. The minimum atomic E-state index is -0.300. The van der Waals surface area contributed by atoms with Gasteiger partial charge < -0.3 is 10.6 Å². The molecule has 19 heavy (non-hydrogen) atoms. The van der Waals surface area contributed by atoms with E-state index in [4.69, 9.17) is 0 Å². The Morgan fingerprint density at radius 1 is 1.37 bits per heavy atom. The molecule has 1 aliphatic rings. The highest BCUT2D eigenvalue weighted by Gasteiger charge is 2.22. The van der Waals surface area contributed by atoms with Gasteiger partial charge in [0.1, 0.15) is 5.82 Å². The summed E-state index contributed by atoms with van der Waals surface area (Å²) in [5.74, 6) is 0.223. The Bertz CT molecular complexity index is 436. The minimum absolute atomic E-state index is 0.0250. The zero-order valence-corrected chi connectivity index (χ0v) is 11.3. The lowest BCUT2D eigenvalue weighted by molar-refractivity contribution is -0.120. The Morgan fingerprint density at radius 3 is 2.89 bits per heavy atom. The quantitative estimate of drug-likeness (QED) is 0.878. The Balaban J connectivity index is 1.78. The first-order valence-corrected chi connectivity index (χ1v) is 6.94. The lowest BCUT2D eigenvalue weighted by atomic mass is 9.86. The van der Waals surface area contributed by atoms with Crippen molar-refractivity contribution >= 4 is 11.6 Å². The van der Waals surface area contributed by atoms with Gasteiger partial charge in [-0.05, 0) is 37.0 Å². The number of benzene rings is 1. The first-order valence-electron chi connectivity index (χ1n) is 6.94. The fourth-order valence-corrected chi connectivity index (χ4v) is 2.57. The zero-order chi connectivity index (χ0) is 13.7. The number of carbonyl (C=O) groups excluding carboxylic acids is 1. The second-order valence-corrected chi connectivity index (χ2v) is 5.30. The standard InChI is InChI=1S/C15H21FN2O/c1-11-5-2-3-8-14(11)18-15(19)10-17-13-7-4-6-12(16)9-13/h4,6-7,9,11,14,17H,2-3,5,8,10H2,1H3,(H,18,19). The molecule has 1 aliphatic carbocycles. The highest BCUT2D eigenvalue weighted by Crippen LogP contribution is 2.23. The van der Waals surface area contributed by atoms with Gasteiger partial charge in [-0.15, -0.1) is 0 Å². The molecule has 1 aromatic carbocycles. The molecule has 0 heterocycles. The average Bonchev–Trinajstić information content (AvgIpc) is 2.39. The fourth-order valence-electron chi connectivity index (χ4n) is 2.57. The second kappa shape index (κ2) is 6.55. The van der Waals surface area contributed by atoms with Gasteiger partial charge in [0.2, 0.25) is 5.91 Å². The van der Waals surface area contributed by atoms with Crippen molar-refractivity contribution in [1.29, 1.82) is 0 Å². The van der Waals surface area contributed by atoms with Gasteiger partial charge in [0.05, 0.1) is 6.54 Å². The van der Waals surface area contributed by atoms with E-state index in [0.717, 1.165) is 6.42 Å². The average molecular weight is 264 g/mol. The first kappa shape index (κ1) is 13.8. The third-order valence-electron chi connectivity index (χ3n) is 3.74. The van der Waals surface area contributed by atoms with Gasteiger partial charge in [-0.3, -0.25) is 4.79 Å². The van der Waals surface area contributed by atoms with E-state index >= 15 is 0 Å². The van der Waals surface area contributed by atoms with Crippen molar-refractivity contribution in [3.05, 3.63) is 30.1 Å². The van der Waals surface area contributed by atoms with Crippen LogP contribution in [-0.4, -0.2) is 18.5 Å². The van der Waals surface area contributed by atoms with E-state index in [9.17, 15) is 9.18 Å². The number of amides is 1. The smallest absolute Gasteiger partial charge is 0.239 e. The van der Waals surface area contributed by atoms with Crippen LogP contribution in [-0.2, 0) is 4.79 Å². The molecule has 3 nitrogen and oxygen atoms in total.